The highest BCUT2D eigenvalue weighted by atomic mass is 32.2. The maximum Gasteiger partial charge on any atom is 0.284 e. The minimum absolute atomic E-state index is 0.240. The summed E-state index contributed by atoms with van der Waals surface area (Å²) in [6, 6.07) is 5.07. The minimum atomic E-state index is -0.443. The van der Waals surface area contributed by atoms with E-state index in [-0.39, 0.29) is 17.0 Å². The van der Waals surface area contributed by atoms with Crippen LogP contribution in [0.4, 0.5) is 5.82 Å². The fourth-order valence-electron chi connectivity index (χ4n) is 1.62. The second-order valence-electron chi connectivity index (χ2n) is 4.42. The van der Waals surface area contributed by atoms with Crippen molar-refractivity contribution in [2.45, 2.75) is 24.3 Å². The molecule has 0 aliphatic heterocycles. The second-order valence-corrected chi connectivity index (χ2v) is 5.71. The van der Waals surface area contributed by atoms with E-state index in [0.717, 1.165) is 11.8 Å². The summed E-state index contributed by atoms with van der Waals surface area (Å²) in [5.41, 5.74) is 0. The Bertz CT molecular complexity index is 765. The molecular formula is C13H12N4O4S. The molecule has 3 aromatic rings. The van der Waals surface area contributed by atoms with Gasteiger partial charge in [0.2, 0.25) is 5.91 Å². The summed E-state index contributed by atoms with van der Waals surface area (Å²) in [6.07, 6.45) is 1.52. The number of furan rings is 1. The molecule has 0 unspecified atom stereocenters. The fourth-order valence-corrected chi connectivity index (χ4v) is 2.30. The monoisotopic (exact) mass is 320 g/mol. The highest BCUT2D eigenvalue weighted by Gasteiger charge is 2.20. The number of aromatic nitrogens is 3. The molecule has 9 heteroatoms. The smallest absolute Gasteiger partial charge is 0.284 e. The lowest BCUT2D eigenvalue weighted by Gasteiger charge is -2.06. The van der Waals surface area contributed by atoms with E-state index in [1.807, 2.05) is 0 Å². The number of carbonyl (C=O) groups excluding carboxylic acids is 1. The molecule has 0 saturated carbocycles. The van der Waals surface area contributed by atoms with Crippen LogP contribution in [0.5, 0.6) is 0 Å². The van der Waals surface area contributed by atoms with Crippen molar-refractivity contribution in [2.24, 2.45) is 0 Å². The molecule has 0 fully saturated rings. The predicted molar refractivity (Wildman–Crippen MR) is 77.2 cm³/mol. The van der Waals surface area contributed by atoms with Gasteiger partial charge in [0.15, 0.2) is 11.6 Å². The van der Waals surface area contributed by atoms with Crippen molar-refractivity contribution in [1.82, 2.24) is 15.4 Å². The largest absolute Gasteiger partial charge is 0.459 e. The molecule has 0 spiro atoms. The average molecular weight is 320 g/mol. The van der Waals surface area contributed by atoms with Crippen molar-refractivity contribution in [1.29, 1.82) is 0 Å². The lowest BCUT2D eigenvalue weighted by atomic mass is 10.4. The van der Waals surface area contributed by atoms with Crippen LogP contribution in [0.1, 0.15) is 12.7 Å². The van der Waals surface area contributed by atoms with Crippen molar-refractivity contribution in [3.8, 4) is 11.7 Å². The Morgan fingerprint density at radius 1 is 1.41 bits per heavy atom. The van der Waals surface area contributed by atoms with Crippen molar-refractivity contribution in [3.63, 3.8) is 0 Å². The number of hydrogen-bond donors (Lipinski definition) is 1. The van der Waals surface area contributed by atoms with E-state index in [0.29, 0.717) is 17.3 Å². The molecule has 0 aliphatic rings. The van der Waals surface area contributed by atoms with Crippen LogP contribution < -0.4 is 5.32 Å². The number of rotatable bonds is 5. The first kappa shape index (κ1) is 14.4. The maximum absolute atomic E-state index is 12.0. The maximum atomic E-state index is 12.0. The zero-order chi connectivity index (χ0) is 15.5. The Hall–Kier alpha value is -2.55. The average Bonchev–Trinajstić information content (AvgIpc) is 3.20. The summed E-state index contributed by atoms with van der Waals surface area (Å²) >= 11 is 1.14. The lowest BCUT2D eigenvalue weighted by molar-refractivity contribution is -0.115. The molecule has 1 N–H and O–H groups in total. The third-order valence-electron chi connectivity index (χ3n) is 2.66. The van der Waals surface area contributed by atoms with E-state index in [2.05, 4.69) is 20.7 Å². The SMILES string of the molecule is Cc1cc(NC(=O)[C@@H](C)Sc2nnc(-c3ccco3)o2)no1. The molecule has 3 heterocycles. The number of aryl methyl sites for hydroxylation is 1. The Kier molecular flexibility index (Phi) is 3.96. The zero-order valence-corrected chi connectivity index (χ0v) is 12.6. The molecule has 1 atom stereocenters. The molecular weight excluding hydrogens is 308 g/mol. The summed E-state index contributed by atoms with van der Waals surface area (Å²) in [7, 11) is 0. The Labute approximate surface area is 129 Å². The highest BCUT2D eigenvalue weighted by Crippen LogP contribution is 2.26. The van der Waals surface area contributed by atoms with E-state index in [4.69, 9.17) is 13.4 Å². The lowest BCUT2D eigenvalue weighted by Crippen LogP contribution is -2.22. The van der Waals surface area contributed by atoms with E-state index >= 15 is 0 Å². The van der Waals surface area contributed by atoms with Gasteiger partial charge in [-0.25, -0.2) is 0 Å². The summed E-state index contributed by atoms with van der Waals surface area (Å²) in [5.74, 6) is 1.50. The van der Waals surface area contributed by atoms with Gasteiger partial charge in [-0.1, -0.05) is 16.9 Å². The molecule has 0 aromatic carbocycles. The number of nitrogens with one attached hydrogen (secondary N) is 1. The Morgan fingerprint density at radius 3 is 2.95 bits per heavy atom. The fraction of sp³-hybridized carbons (Fsp3) is 0.231. The minimum Gasteiger partial charge on any atom is -0.459 e. The Balaban J connectivity index is 1.61. The number of nitrogens with zero attached hydrogens (tertiary/aromatic N) is 3. The number of amides is 1. The summed E-state index contributed by atoms with van der Waals surface area (Å²) in [4.78, 5) is 12.0. The van der Waals surface area contributed by atoms with Crippen LogP contribution in [0.2, 0.25) is 0 Å². The van der Waals surface area contributed by atoms with E-state index in [1.165, 1.54) is 6.26 Å². The van der Waals surface area contributed by atoms with Crippen LogP contribution in [0, 0.1) is 6.92 Å². The van der Waals surface area contributed by atoms with Gasteiger partial charge in [-0.2, -0.15) is 0 Å². The molecule has 114 valence electrons. The standard InChI is InChI=1S/C13H12N4O4S/c1-7-6-10(17-21-7)14-11(18)8(2)22-13-16-15-12(20-13)9-4-3-5-19-9/h3-6,8H,1-2H3,(H,14,17,18)/t8-/m1/s1. The molecule has 1 amide bonds. The third-order valence-corrected chi connectivity index (χ3v) is 3.60. The number of hydrogen-bond acceptors (Lipinski definition) is 8. The molecule has 0 aliphatic carbocycles. The first-order valence-corrected chi connectivity index (χ1v) is 7.28. The number of anilines is 1. The molecule has 22 heavy (non-hydrogen) atoms. The van der Waals surface area contributed by atoms with E-state index in [1.54, 1.807) is 32.0 Å². The van der Waals surface area contributed by atoms with Gasteiger partial charge in [0.1, 0.15) is 5.76 Å². The van der Waals surface area contributed by atoms with Gasteiger partial charge >= 0.3 is 0 Å². The third kappa shape index (κ3) is 3.19. The summed E-state index contributed by atoms with van der Waals surface area (Å²) in [6.45, 7) is 3.47. The van der Waals surface area contributed by atoms with Crippen LogP contribution in [0.3, 0.4) is 0 Å². The van der Waals surface area contributed by atoms with E-state index in [9.17, 15) is 4.79 Å². The van der Waals surface area contributed by atoms with Crippen molar-refractivity contribution < 1.29 is 18.2 Å². The van der Waals surface area contributed by atoms with Crippen LogP contribution in [0.25, 0.3) is 11.7 Å². The molecule has 3 aromatic heterocycles. The summed E-state index contributed by atoms with van der Waals surface area (Å²) < 4.78 is 15.5. The van der Waals surface area contributed by atoms with Crippen molar-refractivity contribution in [3.05, 3.63) is 30.2 Å². The van der Waals surface area contributed by atoms with Crippen molar-refractivity contribution >= 4 is 23.5 Å². The van der Waals surface area contributed by atoms with Gasteiger partial charge in [0.05, 0.1) is 11.5 Å². The molecule has 3 rings (SSSR count). The van der Waals surface area contributed by atoms with Gasteiger partial charge < -0.3 is 18.7 Å². The van der Waals surface area contributed by atoms with Crippen LogP contribution in [-0.4, -0.2) is 26.5 Å². The second kappa shape index (κ2) is 6.06. The van der Waals surface area contributed by atoms with Gasteiger partial charge in [0.25, 0.3) is 11.1 Å². The first-order chi connectivity index (χ1) is 10.6. The number of thioether (sulfide) groups is 1. The van der Waals surface area contributed by atoms with Crippen molar-refractivity contribution in [2.75, 3.05) is 5.32 Å². The normalized spacial score (nSPS) is 12.3. The van der Waals surface area contributed by atoms with Crippen LogP contribution in [0.15, 0.2) is 43.0 Å². The van der Waals surface area contributed by atoms with Gasteiger partial charge in [-0.3, -0.25) is 4.79 Å². The first-order valence-electron chi connectivity index (χ1n) is 6.40. The van der Waals surface area contributed by atoms with E-state index < -0.39 is 5.25 Å². The van der Waals surface area contributed by atoms with Gasteiger partial charge in [-0.05, 0) is 26.0 Å². The molecule has 0 bridgehead atoms. The topological polar surface area (TPSA) is 107 Å². The van der Waals surface area contributed by atoms with Crippen LogP contribution in [-0.2, 0) is 4.79 Å². The predicted octanol–water partition coefficient (Wildman–Crippen LogP) is 2.75. The Morgan fingerprint density at radius 2 is 2.27 bits per heavy atom. The molecule has 0 radical (unpaired) electrons. The van der Waals surface area contributed by atoms with Gasteiger partial charge in [-0.15, -0.1) is 10.2 Å². The van der Waals surface area contributed by atoms with Crippen LogP contribution >= 0.6 is 11.8 Å². The highest BCUT2D eigenvalue weighted by molar-refractivity contribution is 8.00. The quantitative estimate of drug-likeness (QED) is 0.715. The zero-order valence-electron chi connectivity index (χ0n) is 11.8. The molecule has 0 saturated heterocycles. The summed E-state index contributed by atoms with van der Waals surface area (Å²) in [5, 5.41) is 13.9. The number of carbonyl (C=O) groups is 1. The molecule has 8 nitrogen and oxygen atoms in total. The van der Waals surface area contributed by atoms with Gasteiger partial charge in [0, 0.05) is 6.07 Å².